The molecule has 0 aliphatic heterocycles. The number of nitrogens with one attached hydrogen (secondary N) is 1. The molecular weight excluding hydrogens is 338 g/mol. The van der Waals surface area contributed by atoms with Crippen LogP contribution in [0, 0.1) is 0 Å². The lowest BCUT2D eigenvalue weighted by molar-refractivity contribution is 0.329. The molecule has 7 heteroatoms. The van der Waals surface area contributed by atoms with Crippen molar-refractivity contribution in [3.8, 4) is 11.5 Å². The largest absolute Gasteiger partial charge is 0.497 e. The van der Waals surface area contributed by atoms with Gasteiger partial charge in [-0.05, 0) is 28.1 Å². The molecule has 2 rings (SSSR count). The maximum Gasteiger partial charge on any atom is 0.282 e. The molecule has 0 spiro atoms. The SMILES string of the molecule is COc1cccc(OCCNc2cnn(C)c(=O)c2Br)c1. The number of benzene rings is 1. The van der Waals surface area contributed by atoms with Gasteiger partial charge in [0.05, 0.1) is 19.0 Å². The van der Waals surface area contributed by atoms with Crippen molar-refractivity contribution in [2.75, 3.05) is 25.6 Å². The number of hydrogen-bond donors (Lipinski definition) is 1. The van der Waals surface area contributed by atoms with Gasteiger partial charge < -0.3 is 14.8 Å². The van der Waals surface area contributed by atoms with Gasteiger partial charge in [0.1, 0.15) is 22.6 Å². The summed E-state index contributed by atoms with van der Waals surface area (Å²) in [7, 11) is 3.21. The summed E-state index contributed by atoms with van der Waals surface area (Å²) in [6, 6.07) is 7.39. The van der Waals surface area contributed by atoms with Gasteiger partial charge in [-0.1, -0.05) is 6.07 Å². The fourth-order valence-corrected chi connectivity index (χ4v) is 2.18. The van der Waals surface area contributed by atoms with Crippen LogP contribution in [0.1, 0.15) is 0 Å². The molecule has 0 aliphatic rings. The zero-order valence-corrected chi connectivity index (χ0v) is 13.4. The van der Waals surface area contributed by atoms with E-state index in [2.05, 4.69) is 26.3 Å². The lowest BCUT2D eigenvalue weighted by atomic mass is 10.3. The number of aromatic nitrogens is 2. The summed E-state index contributed by atoms with van der Waals surface area (Å²) < 4.78 is 12.5. The molecule has 1 aromatic heterocycles. The van der Waals surface area contributed by atoms with Gasteiger partial charge in [0, 0.05) is 19.7 Å². The molecule has 1 heterocycles. The molecule has 1 N–H and O–H groups in total. The minimum Gasteiger partial charge on any atom is -0.497 e. The molecule has 112 valence electrons. The molecule has 0 saturated carbocycles. The fraction of sp³-hybridized carbons (Fsp3) is 0.286. The second-order valence-electron chi connectivity index (χ2n) is 4.26. The zero-order valence-electron chi connectivity index (χ0n) is 11.8. The second kappa shape index (κ2) is 7.12. The minimum atomic E-state index is -0.186. The number of aryl methyl sites for hydroxylation is 1. The van der Waals surface area contributed by atoms with Gasteiger partial charge in [-0.3, -0.25) is 4.79 Å². The molecule has 0 fully saturated rings. The number of ether oxygens (including phenoxy) is 2. The minimum absolute atomic E-state index is 0.186. The van der Waals surface area contributed by atoms with E-state index >= 15 is 0 Å². The van der Waals surface area contributed by atoms with Crippen molar-refractivity contribution >= 4 is 21.6 Å². The third-order valence-electron chi connectivity index (χ3n) is 2.81. The molecule has 0 radical (unpaired) electrons. The van der Waals surface area contributed by atoms with E-state index in [9.17, 15) is 4.79 Å². The van der Waals surface area contributed by atoms with Crippen LogP contribution in [0.3, 0.4) is 0 Å². The van der Waals surface area contributed by atoms with Crippen molar-refractivity contribution in [3.05, 3.63) is 45.3 Å². The Balaban J connectivity index is 1.87. The van der Waals surface area contributed by atoms with Crippen LogP contribution in [0.2, 0.25) is 0 Å². The van der Waals surface area contributed by atoms with Crippen LogP contribution in [0.4, 0.5) is 5.69 Å². The fourth-order valence-electron chi connectivity index (χ4n) is 1.68. The molecule has 0 atom stereocenters. The van der Waals surface area contributed by atoms with Gasteiger partial charge in [-0.15, -0.1) is 0 Å². The number of anilines is 1. The highest BCUT2D eigenvalue weighted by molar-refractivity contribution is 9.10. The number of methoxy groups -OCH3 is 1. The Hall–Kier alpha value is -2.02. The quantitative estimate of drug-likeness (QED) is 0.805. The van der Waals surface area contributed by atoms with Crippen molar-refractivity contribution in [1.82, 2.24) is 9.78 Å². The van der Waals surface area contributed by atoms with Crippen molar-refractivity contribution in [1.29, 1.82) is 0 Å². The number of hydrogen-bond acceptors (Lipinski definition) is 5. The summed E-state index contributed by atoms with van der Waals surface area (Å²) in [5.41, 5.74) is 0.459. The van der Waals surface area contributed by atoms with E-state index in [0.717, 1.165) is 11.5 Å². The lowest BCUT2D eigenvalue weighted by Crippen LogP contribution is -2.22. The third-order valence-corrected chi connectivity index (χ3v) is 3.57. The average Bonchev–Trinajstić information content (AvgIpc) is 2.51. The van der Waals surface area contributed by atoms with E-state index in [1.807, 2.05) is 24.3 Å². The van der Waals surface area contributed by atoms with Crippen LogP contribution in [0.5, 0.6) is 11.5 Å². The van der Waals surface area contributed by atoms with E-state index in [1.165, 1.54) is 4.68 Å². The predicted octanol–water partition coefficient (Wildman–Crippen LogP) is 2.04. The summed E-state index contributed by atoms with van der Waals surface area (Å²) >= 11 is 3.25. The summed E-state index contributed by atoms with van der Waals surface area (Å²) in [5, 5.41) is 7.05. The van der Waals surface area contributed by atoms with Crippen LogP contribution in [0.15, 0.2) is 39.7 Å². The molecule has 6 nitrogen and oxygen atoms in total. The maximum atomic E-state index is 11.7. The summed E-state index contributed by atoms with van der Waals surface area (Å²) in [6.45, 7) is 0.999. The molecule has 0 unspecified atom stereocenters. The molecule has 0 amide bonds. The predicted molar refractivity (Wildman–Crippen MR) is 84.2 cm³/mol. The molecule has 1 aromatic carbocycles. The Morgan fingerprint density at radius 2 is 2.14 bits per heavy atom. The first-order valence-corrected chi connectivity index (χ1v) is 7.13. The number of halogens is 1. The Bertz CT molecular complexity index is 673. The van der Waals surface area contributed by atoms with E-state index in [4.69, 9.17) is 9.47 Å². The van der Waals surface area contributed by atoms with Crippen LogP contribution < -0.4 is 20.3 Å². The second-order valence-corrected chi connectivity index (χ2v) is 5.05. The van der Waals surface area contributed by atoms with Gasteiger partial charge in [-0.2, -0.15) is 5.10 Å². The Morgan fingerprint density at radius 3 is 2.90 bits per heavy atom. The molecule has 0 bridgehead atoms. The lowest BCUT2D eigenvalue weighted by Gasteiger charge is -2.10. The highest BCUT2D eigenvalue weighted by atomic mass is 79.9. The standard InChI is InChI=1S/C14H16BrN3O3/c1-18-14(19)13(15)12(9-17-18)16-6-7-21-11-5-3-4-10(8-11)20-2/h3-5,8-9,16H,6-7H2,1-2H3. The van der Waals surface area contributed by atoms with E-state index < -0.39 is 0 Å². The van der Waals surface area contributed by atoms with Crippen molar-refractivity contribution in [2.45, 2.75) is 0 Å². The summed E-state index contributed by atoms with van der Waals surface area (Å²) in [4.78, 5) is 11.7. The highest BCUT2D eigenvalue weighted by Gasteiger charge is 2.06. The van der Waals surface area contributed by atoms with E-state index in [-0.39, 0.29) is 5.56 Å². The van der Waals surface area contributed by atoms with Gasteiger partial charge in [0.15, 0.2) is 0 Å². The Kier molecular flexibility index (Phi) is 5.21. The van der Waals surface area contributed by atoms with Crippen LogP contribution in [-0.2, 0) is 7.05 Å². The summed E-state index contributed by atoms with van der Waals surface area (Å²) in [6.07, 6.45) is 1.59. The topological polar surface area (TPSA) is 65.4 Å². The summed E-state index contributed by atoms with van der Waals surface area (Å²) in [5.74, 6) is 1.48. The zero-order chi connectivity index (χ0) is 15.2. The van der Waals surface area contributed by atoms with Crippen LogP contribution in [-0.4, -0.2) is 30.0 Å². The first-order valence-electron chi connectivity index (χ1n) is 6.34. The average molecular weight is 354 g/mol. The van der Waals surface area contributed by atoms with Crippen molar-refractivity contribution < 1.29 is 9.47 Å². The highest BCUT2D eigenvalue weighted by Crippen LogP contribution is 2.19. The van der Waals surface area contributed by atoms with Crippen LogP contribution in [0.25, 0.3) is 0 Å². The molecule has 0 saturated heterocycles. The molecule has 0 aliphatic carbocycles. The maximum absolute atomic E-state index is 11.7. The van der Waals surface area contributed by atoms with Gasteiger partial charge >= 0.3 is 0 Å². The smallest absolute Gasteiger partial charge is 0.282 e. The molecular formula is C14H16BrN3O3. The van der Waals surface area contributed by atoms with Gasteiger partial charge in [0.2, 0.25) is 0 Å². The van der Waals surface area contributed by atoms with E-state index in [0.29, 0.717) is 23.3 Å². The van der Waals surface area contributed by atoms with Crippen molar-refractivity contribution in [2.24, 2.45) is 7.05 Å². The Morgan fingerprint density at radius 1 is 1.38 bits per heavy atom. The molecule has 2 aromatic rings. The molecule has 21 heavy (non-hydrogen) atoms. The van der Waals surface area contributed by atoms with Crippen molar-refractivity contribution in [3.63, 3.8) is 0 Å². The monoisotopic (exact) mass is 353 g/mol. The van der Waals surface area contributed by atoms with Crippen LogP contribution >= 0.6 is 15.9 Å². The first-order chi connectivity index (χ1) is 10.1. The Labute approximate surface area is 130 Å². The normalized spacial score (nSPS) is 10.2. The van der Waals surface area contributed by atoms with Gasteiger partial charge in [0.25, 0.3) is 5.56 Å². The number of nitrogens with zero attached hydrogens (tertiary/aromatic N) is 2. The van der Waals surface area contributed by atoms with Gasteiger partial charge in [-0.25, -0.2) is 4.68 Å². The number of rotatable bonds is 6. The third kappa shape index (κ3) is 3.98. The van der Waals surface area contributed by atoms with E-state index in [1.54, 1.807) is 20.4 Å². The first kappa shape index (κ1) is 15.4.